The van der Waals surface area contributed by atoms with Crippen molar-refractivity contribution in [3.63, 3.8) is 0 Å². The Morgan fingerprint density at radius 2 is 2.00 bits per heavy atom. The zero-order valence-corrected chi connectivity index (χ0v) is 16.9. The predicted molar refractivity (Wildman–Crippen MR) is 102 cm³/mol. The number of likely N-dealkylation sites (tertiary alicyclic amines) is 1. The summed E-state index contributed by atoms with van der Waals surface area (Å²) < 4.78 is 33.2. The van der Waals surface area contributed by atoms with Crippen molar-refractivity contribution in [3.8, 4) is 5.75 Å². The van der Waals surface area contributed by atoms with E-state index in [9.17, 15) is 13.2 Å². The van der Waals surface area contributed by atoms with Gasteiger partial charge in [-0.05, 0) is 50.3 Å². The van der Waals surface area contributed by atoms with Gasteiger partial charge in [0.15, 0.2) is 0 Å². The Morgan fingerprint density at radius 1 is 1.35 bits per heavy atom. The maximum atomic E-state index is 12.9. The van der Waals surface area contributed by atoms with E-state index in [4.69, 9.17) is 4.74 Å². The second kappa shape index (κ2) is 8.86. The van der Waals surface area contributed by atoms with E-state index < -0.39 is 10.0 Å². The van der Waals surface area contributed by atoms with Crippen molar-refractivity contribution in [2.45, 2.75) is 57.4 Å². The number of amides is 1. The Hall–Kier alpha value is -1.60. The van der Waals surface area contributed by atoms with Crippen molar-refractivity contribution < 1.29 is 17.9 Å². The van der Waals surface area contributed by atoms with Gasteiger partial charge in [0.05, 0.1) is 17.6 Å². The van der Waals surface area contributed by atoms with Crippen LogP contribution in [0.5, 0.6) is 5.75 Å². The second-order valence-electron chi connectivity index (χ2n) is 7.15. The zero-order chi connectivity index (χ0) is 19.3. The van der Waals surface area contributed by atoms with Crippen LogP contribution in [0.1, 0.15) is 56.8 Å². The summed E-state index contributed by atoms with van der Waals surface area (Å²) in [6.45, 7) is 7.40. The monoisotopic (exact) mass is 382 g/mol. The molecule has 1 atom stereocenters. The Bertz CT molecular complexity index is 725. The van der Waals surface area contributed by atoms with E-state index in [1.54, 1.807) is 11.0 Å². The van der Waals surface area contributed by atoms with Gasteiger partial charge in [-0.1, -0.05) is 20.3 Å². The minimum absolute atomic E-state index is 0.0926. The van der Waals surface area contributed by atoms with Crippen LogP contribution in [0.15, 0.2) is 23.1 Å². The van der Waals surface area contributed by atoms with Crippen LogP contribution in [0.4, 0.5) is 0 Å². The highest BCUT2D eigenvalue weighted by Gasteiger charge is 2.26. The molecule has 0 saturated carbocycles. The summed E-state index contributed by atoms with van der Waals surface area (Å²) in [4.78, 5) is 14.8. The van der Waals surface area contributed by atoms with Gasteiger partial charge >= 0.3 is 0 Å². The van der Waals surface area contributed by atoms with Gasteiger partial charge < -0.3 is 9.64 Å². The summed E-state index contributed by atoms with van der Waals surface area (Å²) in [7, 11) is -2.19. The highest BCUT2D eigenvalue weighted by atomic mass is 32.2. The summed E-state index contributed by atoms with van der Waals surface area (Å²) in [5, 5.41) is 0. The molecule has 1 saturated heterocycles. The van der Waals surface area contributed by atoms with E-state index in [0.717, 1.165) is 25.7 Å². The van der Waals surface area contributed by atoms with E-state index in [1.165, 1.54) is 19.2 Å². The number of methoxy groups -OCH3 is 1. The molecule has 26 heavy (non-hydrogen) atoms. The molecule has 1 aliphatic rings. The van der Waals surface area contributed by atoms with Crippen LogP contribution in [-0.4, -0.2) is 45.5 Å². The molecule has 1 N–H and O–H groups in total. The number of carbonyl (C=O) groups excluding carboxylic acids is 1. The van der Waals surface area contributed by atoms with Crippen LogP contribution in [0.3, 0.4) is 0 Å². The maximum absolute atomic E-state index is 12.9. The van der Waals surface area contributed by atoms with E-state index >= 15 is 0 Å². The second-order valence-corrected chi connectivity index (χ2v) is 8.86. The minimum atomic E-state index is -3.68. The van der Waals surface area contributed by atoms with Gasteiger partial charge in [-0.3, -0.25) is 4.79 Å². The number of carbonyl (C=O) groups is 1. The zero-order valence-electron chi connectivity index (χ0n) is 16.1. The molecular formula is C19H30N2O4S. The summed E-state index contributed by atoms with van der Waals surface area (Å²) >= 11 is 0. The van der Waals surface area contributed by atoms with Crippen LogP contribution >= 0.6 is 0 Å². The van der Waals surface area contributed by atoms with Crippen molar-refractivity contribution in [3.05, 3.63) is 23.8 Å². The minimum Gasteiger partial charge on any atom is -0.496 e. The molecule has 1 amide bonds. The third-order valence-corrected chi connectivity index (χ3v) is 6.45. The van der Waals surface area contributed by atoms with Gasteiger partial charge in [0.1, 0.15) is 5.75 Å². The Labute approximate surface area is 157 Å². The number of sulfonamides is 1. The van der Waals surface area contributed by atoms with Crippen molar-refractivity contribution in [2.24, 2.45) is 5.92 Å². The lowest BCUT2D eigenvalue weighted by Crippen LogP contribution is -2.38. The molecule has 1 fully saturated rings. The van der Waals surface area contributed by atoms with E-state index in [2.05, 4.69) is 11.6 Å². The highest BCUT2D eigenvalue weighted by molar-refractivity contribution is 7.89. The lowest BCUT2D eigenvalue weighted by Gasteiger charge is -2.30. The Kier molecular flexibility index (Phi) is 7.06. The lowest BCUT2D eigenvalue weighted by molar-refractivity contribution is 0.0693. The average Bonchev–Trinajstić information content (AvgIpc) is 2.61. The summed E-state index contributed by atoms with van der Waals surface area (Å²) in [5.41, 5.74) is 0.299. The molecule has 146 valence electrons. The summed E-state index contributed by atoms with van der Waals surface area (Å²) in [6, 6.07) is 4.31. The number of benzene rings is 1. The average molecular weight is 383 g/mol. The molecule has 0 radical (unpaired) electrons. The standard InChI is InChI=1S/C19H30N2O4S/c1-5-6-15(3)20-26(23,24)16-7-8-18(25-4)17(13-16)19(22)21-11-9-14(2)10-12-21/h7-8,13-15,20H,5-6,9-12H2,1-4H3. The first-order valence-corrected chi connectivity index (χ1v) is 10.8. The van der Waals surface area contributed by atoms with Crippen molar-refractivity contribution in [2.75, 3.05) is 20.2 Å². The number of piperidine rings is 1. The predicted octanol–water partition coefficient (Wildman–Crippen LogP) is 3.03. The van der Waals surface area contributed by atoms with Crippen LogP contribution < -0.4 is 9.46 Å². The topological polar surface area (TPSA) is 75.7 Å². The third kappa shape index (κ3) is 4.98. The number of nitrogens with zero attached hydrogens (tertiary/aromatic N) is 1. The fraction of sp³-hybridized carbons (Fsp3) is 0.632. The van der Waals surface area contributed by atoms with Crippen molar-refractivity contribution in [1.82, 2.24) is 9.62 Å². The third-order valence-electron chi connectivity index (χ3n) is 4.86. The van der Waals surface area contributed by atoms with Crippen molar-refractivity contribution >= 4 is 15.9 Å². The Balaban J connectivity index is 2.29. The van der Waals surface area contributed by atoms with Crippen LogP contribution in [0.2, 0.25) is 0 Å². The number of nitrogens with one attached hydrogen (secondary N) is 1. The molecule has 6 nitrogen and oxygen atoms in total. The van der Waals surface area contributed by atoms with Gasteiger partial charge in [-0.2, -0.15) is 0 Å². The van der Waals surface area contributed by atoms with Crippen LogP contribution in [-0.2, 0) is 10.0 Å². The first-order chi connectivity index (χ1) is 12.3. The molecule has 1 heterocycles. The van der Waals surface area contributed by atoms with E-state index in [1.807, 2.05) is 13.8 Å². The molecule has 1 aromatic rings. The lowest BCUT2D eigenvalue weighted by atomic mass is 9.98. The normalized spacial score (nSPS) is 17.2. The first kappa shape index (κ1) is 20.7. The SMILES string of the molecule is CCCC(C)NS(=O)(=O)c1ccc(OC)c(C(=O)N2CCC(C)CC2)c1. The molecule has 1 aromatic carbocycles. The molecule has 0 aromatic heterocycles. The van der Waals surface area contributed by atoms with Gasteiger partial charge in [0.2, 0.25) is 10.0 Å². The molecule has 1 unspecified atom stereocenters. The molecule has 0 aliphatic carbocycles. The van der Waals surface area contributed by atoms with Gasteiger partial charge in [0.25, 0.3) is 5.91 Å². The van der Waals surface area contributed by atoms with Gasteiger partial charge in [0, 0.05) is 19.1 Å². The van der Waals surface area contributed by atoms with Gasteiger partial charge in [-0.15, -0.1) is 0 Å². The Morgan fingerprint density at radius 3 is 2.58 bits per heavy atom. The number of ether oxygens (including phenoxy) is 1. The number of hydrogen-bond acceptors (Lipinski definition) is 4. The van der Waals surface area contributed by atoms with Crippen molar-refractivity contribution in [1.29, 1.82) is 0 Å². The fourth-order valence-electron chi connectivity index (χ4n) is 3.23. The molecule has 0 bridgehead atoms. The number of hydrogen-bond donors (Lipinski definition) is 1. The summed E-state index contributed by atoms with van der Waals surface area (Å²) in [5.74, 6) is 0.832. The number of rotatable bonds is 7. The smallest absolute Gasteiger partial charge is 0.257 e. The molecule has 1 aliphatic heterocycles. The molecular weight excluding hydrogens is 352 g/mol. The largest absolute Gasteiger partial charge is 0.496 e. The fourth-order valence-corrected chi connectivity index (χ4v) is 4.53. The quantitative estimate of drug-likeness (QED) is 0.786. The highest BCUT2D eigenvalue weighted by Crippen LogP contribution is 2.26. The molecule has 0 spiro atoms. The van der Waals surface area contributed by atoms with Gasteiger partial charge in [-0.25, -0.2) is 13.1 Å². The summed E-state index contributed by atoms with van der Waals surface area (Å²) in [6.07, 6.45) is 3.57. The van der Waals surface area contributed by atoms with Crippen LogP contribution in [0, 0.1) is 5.92 Å². The van der Waals surface area contributed by atoms with E-state index in [-0.39, 0.29) is 16.8 Å². The molecule has 2 rings (SSSR count). The van der Waals surface area contributed by atoms with E-state index in [0.29, 0.717) is 30.3 Å². The molecule has 7 heteroatoms. The maximum Gasteiger partial charge on any atom is 0.257 e. The first-order valence-electron chi connectivity index (χ1n) is 9.28. The van der Waals surface area contributed by atoms with Crippen LogP contribution in [0.25, 0.3) is 0 Å².